The summed E-state index contributed by atoms with van der Waals surface area (Å²) in [6.45, 7) is 1.93. The number of Topliss-reactive ketones (excluding diaryl/α,β-unsaturated/α-hetero) is 1. The number of amides is 1. The molecule has 170 valence electrons. The smallest absolute Gasteiger partial charge is 0.307 e. The molecule has 3 aromatic carbocycles. The van der Waals surface area contributed by atoms with Crippen LogP contribution in [-0.4, -0.2) is 23.8 Å². The number of anilines is 1. The van der Waals surface area contributed by atoms with Crippen LogP contribution < -0.4 is 5.32 Å². The molecule has 0 radical (unpaired) electrons. The molecule has 0 heterocycles. The summed E-state index contributed by atoms with van der Waals surface area (Å²) in [6, 6.07) is 26.3. The summed E-state index contributed by atoms with van der Waals surface area (Å²) >= 11 is 1.64. The first-order valence-corrected chi connectivity index (χ1v) is 11.8. The number of hydrogen-bond donors (Lipinski definition) is 1. The molecule has 3 rings (SSSR count). The van der Waals surface area contributed by atoms with Crippen molar-refractivity contribution in [1.29, 1.82) is 0 Å². The molecular formula is C27H27NO4S. The van der Waals surface area contributed by atoms with Crippen LogP contribution in [0.15, 0.2) is 94.7 Å². The van der Waals surface area contributed by atoms with E-state index in [0.29, 0.717) is 24.1 Å². The molecule has 1 atom stereocenters. The van der Waals surface area contributed by atoms with Crippen LogP contribution in [0.1, 0.15) is 43.0 Å². The molecule has 0 aliphatic heterocycles. The second-order valence-electron chi connectivity index (χ2n) is 7.49. The van der Waals surface area contributed by atoms with Gasteiger partial charge in [0.1, 0.15) is 0 Å². The highest BCUT2D eigenvalue weighted by Gasteiger charge is 2.23. The minimum absolute atomic E-state index is 0.0161. The lowest BCUT2D eigenvalue weighted by Gasteiger charge is -2.16. The molecular weight excluding hydrogens is 434 g/mol. The third-order valence-corrected chi connectivity index (χ3v) is 5.86. The number of carbonyl (C=O) groups excluding carboxylic acids is 3. The predicted octanol–water partition coefficient (Wildman–Crippen LogP) is 6.15. The fourth-order valence-corrected chi connectivity index (χ4v) is 4.02. The number of nitrogens with one attached hydrogen (secondary N) is 1. The van der Waals surface area contributed by atoms with E-state index in [0.717, 1.165) is 9.79 Å². The maximum Gasteiger partial charge on any atom is 0.307 e. The molecule has 6 heteroatoms. The van der Waals surface area contributed by atoms with Crippen molar-refractivity contribution in [1.82, 2.24) is 0 Å². The first-order valence-electron chi connectivity index (χ1n) is 11.0. The maximum atomic E-state index is 12.6. The van der Waals surface area contributed by atoms with E-state index in [2.05, 4.69) is 5.32 Å². The van der Waals surface area contributed by atoms with Crippen LogP contribution in [0.3, 0.4) is 0 Å². The Hall–Kier alpha value is -3.38. The van der Waals surface area contributed by atoms with Gasteiger partial charge in [-0.05, 0) is 42.8 Å². The van der Waals surface area contributed by atoms with Crippen LogP contribution >= 0.6 is 11.8 Å². The van der Waals surface area contributed by atoms with Gasteiger partial charge in [-0.2, -0.15) is 0 Å². The van der Waals surface area contributed by atoms with Crippen molar-refractivity contribution in [3.63, 3.8) is 0 Å². The lowest BCUT2D eigenvalue weighted by molar-refractivity contribution is -0.148. The van der Waals surface area contributed by atoms with Gasteiger partial charge in [0.05, 0.1) is 6.42 Å². The molecule has 0 aliphatic rings. The summed E-state index contributed by atoms with van der Waals surface area (Å²) in [5, 5.41) is 2.79. The second kappa shape index (κ2) is 12.6. The summed E-state index contributed by atoms with van der Waals surface area (Å²) in [5.41, 5.74) is 1.17. The maximum absolute atomic E-state index is 12.6. The minimum atomic E-state index is -0.831. The first-order chi connectivity index (χ1) is 16.0. The van der Waals surface area contributed by atoms with Gasteiger partial charge in [-0.25, -0.2) is 0 Å². The predicted molar refractivity (Wildman–Crippen MR) is 130 cm³/mol. The first kappa shape index (κ1) is 24.3. The molecule has 33 heavy (non-hydrogen) atoms. The standard InChI is InChI=1S/C27H27NO4S/c1-2-9-24(27(31)20-10-5-3-6-11-20)32-26(30)19-18-25(29)28-21-14-16-23(17-15-21)33-22-12-7-4-8-13-22/h3-8,10-17,24H,2,9,18-19H2,1H3,(H,28,29). The van der Waals surface area contributed by atoms with E-state index in [1.165, 1.54) is 0 Å². The lowest BCUT2D eigenvalue weighted by Crippen LogP contribution is -2.28. The van der Waals surface area contributed by atoms with E-state index in [1.54, 1.807) is 36.0 Å². The zero-order valence-electron chi connectivity index (χ0n) is 18.5. The number of benzene rings is 3. The van der Waals surface area contributed by atoms with Crippen molar-refractivity contribution in [2.75, 3.05) is 5.32 Å². The van der Waals surface area contributed by atoms with Gasteiger partial charge in [0, 0.05) is 27.5 Å². The Kier molecular flexibility index (Phi) is 9.27. The zero-order valence-corrected chi connectivity index (χ0v) is 19.3. The van der Waals surface area contributed by atoms with Crippen LogP contribution in [0.5, 0.6) is 0 Å². The minimum Gasteiger partial charge on any atom is -0.454 e. The lowest BCUT2D eigenvalue weighted by atomic mass is 10.0. The monoisotopic (exact) mass is 461 g/mol. The summed E-state index contributed by atoms with van der Waals surface area (Å²) in [6.07, 6.45) is 0.213. The van der Waals surface area contributed by atoms with Crippen molar-refractivity contribution in [2.45, 2.75) is 48.5 Å². The topological polar surface area (TPSA) is 72.5 Å². The second-order valence-corrected chi connectivity index (χ2v) is 8.63. The van der Waals surface area contributed by atoms with Crippen LogP contribution in [0, 0.1) is 0 Å². The molecule has 1 amide bonds. The normalized spacial score (nSPS) is 11.4. The van der Waals surface area contributed by atoms with E-state index < -0.39 is 12.1 Å². The van der Waals surface area contributed by atoms with E-state index >= 15 is 0 Å². The highest BCUT2D eigenvalue weighted by atomic mass is 32.2. The molecule has 5 nitrogen and oxygen atoms in total. The van der Waals surface area contributed by atoms with Gasteiger partial charge in [-0.3, -0.25) is 14.4 Å². The Bertz CT molecular complexity index is 1050. The molecule has 0 saturated carbocycles. The van der Waals surface area contributed by atoms with Gasteiger partial charge in [-0.1, -0.05) is 73.6 Å². The zero-order chi connectivity index (χ0) is 23.5. The number of esters is 1. The Labute approximate surface area is 198 Å². The summed E-state index contributed by atoms with van der Waals surface area (Å²) < 4.78 is 5.41. The number of hydrogen-bond acceptors (Lipinski definition) is 5. The van der Waals surface area contributed by atoms with E-state index in [4.69, 9.17) is 4.74 Å². The summed E-state index contributed by atoms with van der Waals surface area (Å²) in [5.74, 6) is -1.05. The number of carbonyl (C=O) groups is 3. The molecule has 0 saturated heterocycles. The van der Waals surface area contributed by atoms with Gasteiger partial charge >= 0.3 is 5.97 Å². The average Bonchev–Trinajstić information content (AvgIpc) is 2.84. The van der Waals surface area contributed by atoms with Crippen LogP contribution in [-0.2, 0) is 14.3 Å². The van der Waals surface area contributed by atoms with Crippen LogP contribution in [0.25, 0.3) is 0 Å². The molecule has 0 spiro atoms. The largest absolute Gasteiger partial charge is 0.454 e. The molecule has 3 aromatic rings. The number of ether oxygens (including phenoxy) is 1. The Morgan fingerprint density at radius 3 is 2.06 bits per heavy atom. The highest BCUT2D eigenvalue weighted by molar-refractivity contribution is 7.99. The third-order valence-electron chi connectivity index (χ3n) is 4.85. The Morgan fingerprint density at radius 1 is 0.818 bits per heavy atom. The van der Waals surface area contributed by atoms with Crippen molar-refractivity contribution in [3.05, 3.63) is 90.5 Å². The van der Waals surface area contributed by atoms with E-state index in [-0.39, 0.29) is 24.5 Å². The van der Waals surface area contributed by atoms with Crippen molar-refractivity contribution >= 4 is 35.1 Å². The summed E-state index contributed by atoms with van der Waals surface area (Å²) in [7, 11) is 0. The fourth-order valence-electron chi connectivity index (χ4n) is 3.18. The van der Waals surface area contributed by atoms with Gasteiger partial charge < -0.3 is 10.1 Å². The van der Waals surface area contributed by atoms with Crippen molar-refractivity contribution in [3.8, 4) is 0 Å². The van der Waals surface area contributed by atoms with E-state index in [1.807, 2.05) is 67.6 Å². The highest BCUT2D eigenvalue weighted by Crippen LogP contribution is 2.28. The van der Waals surface area contributed by atoms with Gasteiger partial charge in [0.25, 0.3) is 0 Å². The molecule has 0 fully saturated rings. The van der Waals surface area contributed by atoms with Gasteiger partial charge in [0.15, 0.2) is 6.10 Å². The SMILES string of the molecule is CCCC(OC(=O)CCC(=O)Nc1ccc(Sc2ccccc2)cc1)C(=O)c1ccccc1. The molecule has 0 aliphatic carbocycles. The number of rotatable bonds is 11. The summed E-state index contributed by atoms with van der Waals surface area (Å²) in [4.78, 5) is 39.4. The number of ketones is 1. The molecule has 1 N–H and O–H groups in total. The third kappa shape index (κ3) is 7.91. The molecule has 0 bridgehead atoms. The van der Waals surface area contributed by atoms with Crippen LogP contribution in [0.2, 0.25) is 0 Å². The van der Waals surface area contributed by atoms with Gasteiger partial charge in [0.2, 0.25) is 11.7 Å². The van der Waals surface area contributed by atoms with E-state index in [9.17, 15) is 14.4 Å². The van der Waals surface area contributed by atoms with Crippen molar-refractivity contribution in [2.24, 2.45) is 0 Å². The van der Waals surface area contributed by atoms with Crippen LogP contribution in [0.4, 0.5) is 5.69 Å². The quantitative estimate of drug-likeness (QED) is 0.274. The Morgan fingerprint density at radius 2 is 1.42 bits per heavy atom. The fraction of sp³-hybridized carbons (Fsp3) is 0.222. The van der Waals surface area contributed by atoms with Gasteiger partial charge in [-0.15, -0.1) is 0 Å². The average molecular weight is 462 g/mol. The molecule has 0 aromatic heterocycles. The Balaban J connectivity index is 1.46. The van der Waals surface area contributed by atoms with Crippen molar-refractivity contribution < 1.29 is 19.1 Å². The molecule has 1 unspecified atom stereocenters.